The van der Waals surface area contributed by atoms with E-state index in [4.69, 9.17) is 0 Å². The first-order chi connectivity index (χ1) is 5.74. The summed E-state index contributed by atoms with van der Waals surface area (Å²) in [5.41, 5.74) is 2.71. The molecule has 0 aliphatic heterocycles. The van der Waals surface area contributed by atoms with Crippen LogP contribution in [0.2, 0.25) is 0 Å². The van der Waals surface area contributed by atoms with Crippen LogP contribution in [-0.2, 0) is 6.42 Å². The maximum absolute atomic E-state index is 3.48. The zero-order valence-electron chi connectivity index (χ0n) is 7.06. The Bertz CT molecular complexity index is 243. The Kier molecular flexibility index (Phi) is 4.30. The lowest BCUT2D eigenvalue weighted by molar-refractivity contribution is 0.920. The van der Waals surface area contributed by atoms with Gasteiger partial charge >= 0.3 is 0 Å². The average Bonchev–Trinajstić information content (AvgIpc) is 2.05. The highest BCUT2D eigenvalue weighted by Gasteiger charge is 2.01. The Labute approximate surface area is 90.6 Å². The molecule has 0 saturated carbocycles. The summed E-state index contributed by atoms with van der Waals surface area (Å²) in [6, 6.07) is 8.64. The van der Waals surface area contributed by atoms with Gasteiger partial charge in [0.05, 0.1) is 3.74 Å². The third-order valence-electron chi connectivity index (χ3n) is 1.74. The molecule has 1 rings (SSSR count). The molecule has 0 amide bonds. The fourth-order valence-electron chi connectivity index (χ4n) is 1.17. The Balaban J connectivity index is 2.81. The molecule has 0 aromatic heterocycles. The van der Waals surface area contributed by atoms with Crippen molar-refractivity contribution in [1.29, 1.82) is 0 Å². The Morgan fingerprint density at radius 1 is 1.33 bits per heavy atom. The summed E-state index contributed by atoms with van der Waals surface area (Å²) < 4.78 is 0.279. The second-order valence-corrected chi connectivity index (χ2v) is 5.86. The van der Waals surface area contributed by atoms with Gasteiger partial charge in [0.2, 0.25) is 0 Å². The molecule has 1 aromatic carbocycles. The summed E-state index contributed by atoms with van der Waals surface area (Å²) in [5.74, 6) is 0. The van der Waals surface area contributed by atoms with E-state index in [1.165, 1.54) is 24.0 Å². The highest BCUT2D eigenvalue weighted by atomic mass is 79.9. The molecule has 0 unspecified atom stereocenters. The molecule has 0 nitrogen and oxygen atoms in total. The van der Waals surface area contributed by atoms with Gasteiger partial charge in [0.25, 0.3) is 0 Å². The van der Waals surface area contributed by atoms with Crippen molar-refractivity contribution in [3.05, 3.63) is 35.4 Å². The summed E-state index contributed by atoms with van der Waals surface area (Å²) in [6.45, 7) is 2.20. The van der Waals surface area contributed by atoms with Crippen LogP contribution in [0.5, 0.6) is 0 Å². The molecule has 0 spiro atoms. The molecule has 0 heterocycles. The van der Waals surface area contributed by atoms with Crippen LogP contribution >= 0.6 is 31.9 Å². The maximum atomic E-state index is 3.48. The monoisotopic (exact) mass is 290 g/mol. The van der Waals surface area contributed by atoms with Crippen LogP contribution in [0.15, 0.2) is 24.3 Å². The number of rotatable bonds is 3. The molecule has 1 aromatic rings. The third-order valence-corrected chi connectivity index (χ3v) is 2.80. The van der Waals surface area contributed by atoms with E-state index in [-0.39, 0.29) is 3.74 Å². The molecule has 66 valence electrons. The number of hydrogen-bond donors (Lipinski definition) is 0. The van der Waals surface area contributed by atoms with Gasteiger partial charge in [0, 0.05) is 0 Å². The highest BCUT2D eigenvalue weighted by molar-refractivity contribution is 9.24. The lowest BCUT2D eigenvalue weighted by atomic mass is 10.1. The Hall–Kier alpha value is 0.180. The van der Waals surface area contributed by atoms with Gasteiger partial charge in [-0.15, -0.1) is 0 Å². The van der Waals surface area contributed by atoms with E-state index in [0.29, 0.717) is 0 Å². The lowest BCUT2D eigenvalue weighted by Gasteiger charge is -2.04. The molecular weight excluding hydrogens is 280 g/mol. The predicted molar refractivity (Wildman–Crippen MR) is 61.0 cm³/mol. The van der Waals surface area contributed by atoms with Crippen LogP contribution in [0.3, 0.4) is 0 Å². The summed E-state index contributed by atoms with van der Waals surface area (Å²) in [5, 5.41) is 0. The van der Waals surface area contributed by atoms with Crippen molar-refractivity contribution in [3.63, 3.8) is 0 Å². The molecule has 0 aliphatic carbocycles. The van der Waals surface area contributed by atoms with Crippen molar-refractivity contribution in [2.45, 2.75) is 23.5 Å². The Morgan fingerprint density at radius 2 is 2.08 bits per heavy atom. The molecule has 0 bridgehead atoms. The molecular formula is C10H12Br2. The van der Waals surface area contributed by atoms with Crippen LogP contribution in [0.1, 0.15) is 28.2 Å². The smallest absolute Gasteiger partial charge is 0.0712 e. The van der Waals surface area contributed by atoms with E-state index < -0.39 is 0 Å². The minimum Gasteiger partial charge on any atom is -0.0712 e. The Morgan fingerprint density at radius 3 is 2.67 bits per heavy atom. The topological polar surface area (TPSA) is 0 Å². The van der Waals surface area contributed by atoms with Crippen LogP contribution in [0.4, 0.5) is 0 Å². The number of halogens is 2. The lowest BCUT2D eigenvalue weighted by Crippen LogP contribution is -1.86. The quantitative estimate of drug-likeness (QED) is 0.723. The van der Waals surface area contributed by atoms with Gasteiger partial charge in [-0.25, -0.2) is 0 Å². The van der Waals surface area contributed by atoms with Gasteiger partial charge in [-0.3, -0.25) is 0 Å². The third kappa shape index (κ3) is 2.91. The van der Waals surface area contributed by atoms with E-state index in [0.717, 1.165) is 0 Å². The van der Waals surface area contributed by atoms with Gasteiger partial charge in [-0.1, -0.05) is 69.5 Å². The summed E-state index contributed by atoms with van der Waals surface area (Å²) >= 11 is 6.97. The zero-order chi connectivity index (χ0) is 8.97. The van der Waals surface area contributed by atoms with Gasteiger partial charge in [-0.05, 0) is 17.5 Å². The minimum absolute atomic E-state index is 0.279. The first kappa shape index (κ1) is 10.3. The summed E-state index contributed by atoms with van der Waals surface area (Å²) in [6.07, 6.45) is 2.37. The van der Waals surface area contributed by atoms with E-state index in [1.807, 2.05) is 0 Å². The number of benzene rings is 1. The van der Waals surface area contributed by atoms with E-state index in [9.17, 15) is 0 Å². The van der Waals surface area contributed by atoms with E-state index >= 15 is 0 Å². The molecule has 0 aliphatic rings. The molecule has 12 heavy (non-hydrogen) atoms. The summed E-state index contributed by atoms with van der Waals surface area (Å²) in [7, 11) is 0. The van der Waals surface area contributed by atoms with Crippen molar-refractivity contribution in [2.24, 2.45) is 0 Å². The van der Waals surface area contributed by atoms with Gasteiger partial charge < -0.3 is 0 Å². The molecule has 0 N–H and O–H groups in total. The van der Waals surface area contributed by atoms with Gasteiger partial charge in [0.15, 0.2) is 0 Å². The largest absolute Gasteiger partial charge is 0.0946 e. The maximum Gasteiger partial charge on any atom is 0.0946 e. The average molecular weight is 292 g/mol. The standard InChI is InChI=1S/C10H12Br2/c1-2-4-8-5-3-6-9(7-8)10(11)12/h3,5-7,10H,2,4H2,1H3. The van der Waals surface area contributed by atoms with Crippen molar-refractivity contribution in [3.8, 4) is 0 Å². The van der Waals surface area contributed by atoms with E-state index in [1.54, 1.807) is 0 Å². The normalized spacial score (nSPS) is 10.7. The molecule has 0 fully saturated rings. The first-order valence-electron chi connectivity index (χ1n) is 4.11. The number of hydrogen-bond acceptors (Lipinski definition) is 0. The fraction of sp³-hybridized carbons (Fsp3) is 0.400. The van der Waals surface area contributed by atoms with Crippen LogP contribution in [0.25, 0.3) is 0 Å². The second kappa shape index (κ2) is 5.03. The minimum atomic E-state index is 0.279. The van der Waals surface area contributed by atoms with E-state index in [2.05, 4.69) is 63.0 Å². The van der Waals surface area contributed by atoms with Gasteiger partial charge in [0.1, 0.15) is 0 Å². The number of aryl methyl sites for hydroxylation is 1. The summed E-state index contributed by atoms with van der Waals surface area (Å²) in [4.78, 5) is 0. The van der Waals surface area contributed by atoms with Crippen molar-refractivity contribution >= 4 is 31.9 Å². The molecule has 0 radical (unpaired) electrons. The molecule has 0 atom stereocenters. The van der Waals surface area contributed by atoms with Crippen molar-refractivity contribution in [1.82, 2.24) is 0 Å². The van der Waals surface area contributed by atoms with Crippen LogP contribution in [0, 0.1) is 0 Å². The zero-order valence-corrected chi connectivity index (χ0v) is 10.2. The fourth-order valence-corrected chi connectivity index (χ4v) is 1.74. The van der Waals surface area contributed by atoms with Crippen LogP contribution in [-0.4, -0.2) is 0 Å². The van der Waals surface area contributed by atoms with Crippen molar-refractivity contribution < 1.29 is 0 Å². The SMILES string of the molecule is CCCc1cccc(C(Br)Br)c1. The first-order valence-corrected chi connectivity index (χ1v) is 5.94. The van der Waals surface area contributed by atoms with Crippen LogP contribution < -0.4 is 0 Å². The number of alkyl halides is 2. The molecule has 0 saturated heterocycles. The molecule has 2 heteroatoms. The van der Waals surface area contributed by atoms with Gasteiger partial charge in [-0.2, -0.15) is 0 Å². The highest BCUT2D eigenvalue weighted by Crippen LogP contribution is 2.29. The van der Waals surface area contributed by atoms with Crippen molar-refractivity contribution in [2.75, 3.05) is 0 Å². The second-order valence-electron chi connectivity index (χ2n) is 2.80. The predicted octanol–water partition coefficient (Wildman–Crippen LogP) is 4.43.